The van der Waals surface area contributed by atoms with Crippen LogP contribution < -0.4 is 0 Å². The van der Waals surface area contributed by atoms with Crippen molar-refractivity contribution in [2.24, 2.45) is 5.92 Å². The summed E-state index contributed by atoms with van der Waals surface area (Å²) in [5.41, 5.74) is 0.0510. The van der Waals surface area contributed by atoms with Crippen LogP contribution in [0.3, 0.4) is 0 Å². The molecule has 0 N–H and O–H groups in total. The van der Waals surface area contributed by atoms with Crippen LogP contribution >= 0.6 is 0 Å². The van der Waals surface area contributed by atoms with Crippen LogP contribution in [0.1, 0.15) is 47.5 Å². The van der Waals surface area contributed by atoms with Crippen LogP contribution in [0.15, 0.2) is 0 Å². The first-order valence-electron chi connectivity index (χ1n) is 7.37. The van der Waals surface area contributed by atoms with Crippen molar-refractivity contribution in [2.45, 2.75) is 83.4 Å². The van der Waals surface area contributed by atoms with Gasteiger partial charge >= 0.3 is 0 Å². The zero-order valence-corrected chi connectivity index (χ0v) is 13.1. The molecule has 2 fully saturated rings. The minimum Gasteiger partial charge on any atom is -0.411 e. The minimum atomic E-state index is -1.49. The molecule has 0 spiro atoms. The Morgan fingerprint density at radius 1 is 1.18 bits per heavy atom. The molecule has 0 radical (unpaired) electrons. The van der Waals surface area contributed by atoms with Crippen molar-refractivity contribution in [1.82, 2.24) is 0 Å². The maximum Gasteiger partial charge on any atom is 0.192 e. The lowest BCUT2D eigenvalue weighted by Gasteiger charge is -2.40. The second-order valence-corrected chi connectivity index (χ2v) is 10.9. The highest BCUT2D eigenvalue weighted by Crippen LogP contribution is 2.51. The normalized spacial score (nSPS) is 41.1. The van der Waals surface area contributed by atoms with E-state index in [1.54, 1.807) is 0 Å². The van der Waals surface area contributed by atoms with E-state index in [1.807, 2.05) is 0 Å². The molecule has 1 heterocycles. The molecule has 17 heavy (non-hydrogen) atoms. The summed E-state index contributed by atoms with van der Waals surface area (Å²) in [4.78, 5) is 0. The molecule has 4 atom stereocenters. The molecule has 0 aromatic carbocycles. The predicted octanol–water partition coefficient (Wildman–Crippen LogP) is 3.96. The monoisotopic (exact) mass is 256 g/mol. The third kappa shape index (κ3) is 2.22. The molecule has 0 bridgehead atoms. The van der Waals surface area contributed by atoms with Crippen LogP contribution in [0.2, 0.25) is 18.1 Å². The van der Waals surface area contributed by atoms with Crippen molar-refractivity contribution in [3.63, 3.8) is 0 Å². The Balaban J connectivity index is 2.10. The van der Waals surface area contributed by atoms with Gasteiger partial charge in [-0.2, -0.15) is 0 Å². The average molecular weight is 256 g/mol. The lowest BCUT2D eigenvalue weighted by molar-refractivity contribution is 0.0467. The number of ether oxygens (including phenoxy) is 1. The number of epoxide rings is 1. The SMILES string of the molecule is CC[Si](CC)(CC)O[C@@H]1[C@@H](C)CC[C@@H]2O[C@@]21C. The van der Waals surface area contributed by atoms with Gasteiger partial charge < -0.3 is 9.16 Å². The van der Waals surface area contributed by atoms with Crippen molar-refractivity contribution >= 4 is 8.32 Å². The van der Waals surface area contributed by atoms with Crippen LogP contribution in [0.4, 0.5) is 0 Å². The first-order chi connectivity index (χ1) is 8.01. The summed E-state index contributed by atoms with van der Waals surface area (Å²) >= 11 is 0. The molecule has 100 valence electrons. The zero-order valence-electron chi connectivity index (χ0n) is 12.1. The summed E-state index contributed by atoms with van der Waals surface area (Å²) in [6.45, 7) is 11.5. The Hall–Kier alpha value is 0.137. The van der Waals surface area contributed by atoms with Crippen LogP contribution in [0.5, 0.6) is 0 Å². The van der Waals surface area contributed by atoms with Crippen molar-refractivity contribution in [3.05, 3.63) is 0 Å². The van der Waals surface area contributed by atoms with Gasteiger partial charge in [-0.25, -0.2) is 0 Å². The van der Waals surface area contributed by atoms with Crippen molar-refractivity contribution in [2.75, 3.05) is 0 Å². The summed E-state index contributed by atoms with van der Waals surface area (Å²) in [5, 5.41) is 0. The maximum atomic E-state index is 6.71. The molecule has 2 rings (SSSR count). The molecule has 1 aliphatic carbocycles. The summed E-state index contributed by atoms with van der Waals surface area (Å²) in [6, 6.07) is 3.72. The van der Waals surface area contributed by atoms with E-state index in [2.05, 4.69) is 34.6 Å². The summed E-state index contributed by atoms with van der Waals surface area (Å²) < 4.78 is 12.6. The molecule has 0 unspecified atom stereocenters. The van der Waals surface area contributed by atoms with E-state index < -0.39 is 8.32 Å². The van der Waals surface area contributed by atoms with E-state index in [1.165, 1.54) is 31.0 Å². The van der Waals surface area contributed by atoms with Gasteiger partial charge in [0.15, 0.2) is 8.32 Å². The molecule has 0 aromatic rings. The fourth-order valence-corrected chi connectivity index (χ4v) is 6.51. The number of hydrogen-bond donors (Lipinski definition) is 0. The first-order valence-corrected chi connectivity index (χ1v) is 9.90. The second kappa shape index (κ2) is 4.67. The lowest BCUT2D eigenvalue weighted by Crippen LogP contribution is -2.49. The Morgan fingerprint density at radius 3 is 2.29 bits per heavy atom. The quantitative estimate of drug-likeness (QED) is 0.548. The third-order valence-corrected chi connectivity index (χ3v) is 9.87. The minimum absolute atomic E-state index is 0.0510. The molecular weight excluding hydrogens is 228 g/mol. The highest BCUT2D eigenvalue weighted by molar-refractivity contribution is 6.73. The van der Waals surface area contributed by atoms with Crippen molar-refractivity contribution in [3.8, 4) is 0 Å². The number of fused-ring (bicyclic) bond motifs is 1. The van der Waals surface area contributed by atoms with Gasteiger partial charge in [0.25, 0.3) is 0 Å². The van der Waals surface area contributed by atoms with Gasteiger partial charge in [-0.05, 0) is 43.8 Å². The zero-order chi connectivity index (χ0) is 12.7. The van der Waals surface area contributed by atoms with Crippen molar-refractivity contribution < 1.29 is 9.16 Å². The van der Waals surface area contributed by atoms with Gasteiger partial charge in [0.05, 0.1) is 12.2 Å². The molecule has 0 aromatic heterocycles. The summed E-state index contributed by atoms with van der Waals surface area (Å²) in [7, 11) is -1.49. The molecule has 3 heteroatoms. The number of rotatable bonds is 5. The molecule has 2 aliphatic rings. The molecule has 0 amide bonds. The maximum absolute atomic E-state index is 6.71. The second-order valence-electron chi connectivity index (χ2n) is 6.13. The summed E-state index contributed by atoms with van der Waals surface area (Å²) in [6.07, 6.45) is 3.34. The fourth-order valence-electron chi connectivity index (χ4n) is 3.50. The first kappa shape index (κ1) is 13.6. The van der Waals surface area contributed by atoms with Gasteiger partial charge in [0, 0.05) is 0 Å². The smallest absolute Gasteiger partial charge is 0.192 e. The Bertz CT molecular complexity index is 269. The topological polar surface area (TPSA) is 21.8 Å². The van der Waals surface area contributed by atoms with E-state index in [0.717, 1.165) is 0 Å². The van der Waals surface area contributed by atoms with Gasteiger partial charge in [-0.1, -0.05) is 27.7 Å². The van der Waals surface area contributed by atoms with Gasteiger partial charge in [-0.15, -0.1) is 0 Å². The van der Waals surface area contributed by atoms with Gasteiger partial charge in [0.2, 0.25) is 0 Å². The van der Waals surface area contributed by atoms with Crippen LogP contribution in [-0.4, -0.2) is 26.1 Å². The van der Waals surface area contributed by atoms with Gasteiger partial charge in [-0.3, -0.25) is 0 Å². The van der Waals surface area contributed by atoms with Crippen LogP contribution in [0, 0.1) is 5.92 Å². The highest BCUT2D eigenvalue weighted by atomic mass is 28.4. The fraction of sp³-hybridized carbons (Fsp3) is 1.00. The van der Waals surface area contributed by atoms with Gasteiger partial charge in [0.1, 0.15) is 5.60 Å². The van der Waals surface area contributed by atoms with E-state index in [0.29, 0.717) is 18.1 Å². The Labute approximate surface area is 107 Å². The van der Waals surface area contributed by atoms with Crippen molar-refractivity contribution in [1.29, 1.82) is 0 Å². The molecule has 1 saturated carbocycles. The standard InChI is InChI=1S/C14H28O2Si/c1-6-17(7-2,8-3)16-13-11(4)9-10-12-14(13,5)15-12/h11-13H,6-10H2,1-5H3/t11-,12-,13+,14-/m0/s1. The average Bonchev–Trinajstić information content (AvgIpc) is 3.02. The molecule has 2 nitrogen and oxygen atoms in total. The van der Waals surface area contributed by atoms with E-state index in [4.69, 9.17) is 9.16 Å². The van der Waals surface area contributed by atoms with E-state index in [9.17, 15) is 0 Å². The molecular formula is C14H28O2Si. The third-order valence-electron chi connectivity index (χ3n) is 5.25. The highest BCUT2D eigenvalue weighted by Gasteiger charge is 2.62. The van der Waals surface area contributed by atoms with E-state index in [-0.39, 0.29) is 5.60 Å². The van der Waals surface area contributed by atoms with Crippen LogP contribution in [-0.2, 0) is 9.16 Å². The largest absolute Gasteiger partial charge is 0.411 e. The lowest BCUT2D eigenvalue weighted by atomic mass is 9.81. The summed E-state index contributed by atoms with van der Waals surface area (Å²) in [5.74, 6) is 0.662. The Morgan fingerprint density at radius 2 is 1.76 bits per heavy atom. The molecule has 1 saturated heterocycles. The number of hydrogen-bond acceptors (Lipinski definition) is 2. The molecule has 1 aliphatic heterocycles. The Kier molecular flexibility index (Phi) is 3.73. The predicted molar refractivity (Wildman–Crippen MR) is 73.7 cm³/mol. The van der Waals surface area contributed by atoms with E-state index >= 15 is 0 Å². The van der Waals surface area contributed by atoms with Crippen LogP contribution in [0.25, 0.3) is 0 Å².